The summed E-state index contributed by atoms with van der Waals surface area (Å²) < 4.78 is 50.1. The van der Waals surface area contributed by atoms with Gasteiger partial charge in [-0.1, -0.05) is 146 Å². The largest absolute Gasteiger partial charge is 0.417 e. The van der Waals surface area contributed by atoms with Gasteiger partial charge in [0.25, 0.3) is 0 Å². The number of alkyl halides is 3. The molecule has 0 aliphatic rings. The SMILES string of the molecule is [C-]#[N+]c1c(-n2c3ccc(-c4ccccc4C)cc3c3cc(-c4ccccc4C)ccc32)ccc(-c2ccccc2C(F)(F)F)c1-n1c2ccc(-c3ccccc3C)cc2c2cc(-c3ccccc3C)ccc21. The van der Waals surface area contributed by atoms with Gasteiger partial charge in [-0.05, 0) is 166 Å². The predicted octanol–water partition coefficient (Wildman–Crippen LogP) is 19.0. The van der Waals surface area contributed by atoms with Crippen molar-refractivity contribution in [2.24, 2.45) is 0 Å². The zero-order valence-corrected chi connectivity index (χ0v) is 40.1. The van der Waals surface area contributed by atoms with Crippen molar-refractivity contribution < 1.29 is 13.2 Å². The molecule has 12 aromatic rings. The second kappa shape index (κ2) is 17.2. The van der Waals surface area contributed by atoms with Crippen molar-refractivity contribution in [1.29, 1.82) is 0 Å². The van der Waals surface area contributed by atoms with Crippen LogP contribution in [0.25, 0.3) is 115 Å². The Bertz CT molecular complexity index is 4010. The Morgan fingerprint density at radius 2 is 0.694 bits per heavy atom. The number of hydrogen-bond donors (Lipinski definition) is 0. The molecule has 2 aromatic heterocycles. The number of halogens is 3. The molecule has 346 valence electrons. The first-order valence-corrected chi connectivity index (χ1v) is 24.1. The van der Waals surface area contributed by atoms with E-state index in [1.807, 2.05) is 47.0 Å². The summed E-state index contributed by atoms with van der Waals surface area (Å²) in [6.07, 6.45) is -4.67. The van der Waals surface area contributed by atoms with E-state index in [0.29, 0.717) is 16.9 Å². The van der Waals surface area contributed by atoms with Crippen molar-refractivity contribution in [1.82, 2.24) is 9.13 Å². The highest BCUT2D eigenvalue weighted by atomic mass is 19.4. The molecule has 72 heavy (non-hydrogen) atoms. The van der Waals surface area contributed by atoms with Gasteiger partial charge < -0.3 is 9.13 Å². The highest BCUT2D eigenvalue weighted by Gasteiger charge is 2.35. The first-order chi connectivity index (χ1) is 35.0. The van der Waals surface area contributed by atoms with Crippen molar-refractivity contribution in [3.05, 3.63) is 245 Å². The summed E-state index contributed by atoms with van der Waals surface area (Å²) in [5.41, 5.74) is 17.1. The second-order valence-electron chi connectivity index (χ2n) is 18.8. The summed E-state index contributed by atoms with van der Waals surface area (Å²) in [5.74, 6) is 0. The Balaban J connectivity index is 1.21. The third-order valence-electron chi connectivity index (χ3n) is 14.6. The maximum atomic E-state index is 15.3. The van der Waals surface area contributed by atoms with Gasteiger partial charge in [-0.25, -0.2) is 4.85 Å². The number of aryl methyl sites for hydroxylation is 4. The molecule has 12 rings (SSSR count). The minimum atomic E-state index is -4.67. The van der Waals surface area contributed by atoms with Gasteiger partial charge in [-0.2, -0.15) is 13.2 Å². The normalized spacial score (nSPS) is 11.8. The molecule has 2 heterocycles. The van der Waals surface area contributed by atoms with Crippen LogP contribution in [0.2, 0.25) is 0 Å². The van der Waals surface area contributed by atoms with Crippen LogP contribution in [0.3, 0.4) is 0 Å². The molecule has 0 amide bonds. The first-order valence-electron chi connectivity index (χ1n) is 24.1. The molecular weight excluding hydrogens is 892 g/mol. The summed E-state index contributed by atoms with van der Waals surface area (Å²) in [4.78, 5) is 4.42. The maximum absolute atomic E-state index is 15.3. The molecule has 0 saturated carbocycles. The zero-order valence-electron chi connectivity index (χ0n) is 40.1. The lowest BCUT2D eigenvalue weighted by Gasteiger charge is -2.22. The van der Waals surface area contributed by atoms with Crippen molar-refractivity contribution in [3.63, 3.8) is 0 Å². The lowest BCUT2D eigenvalue weighted by molar-refractivity contribution is -0.137. The van der Waals surface area contributed by atoms with Crippen molar-refractivity contribution in [3.8, 4) is 67.0 Å². The molecular formula is C66H46F3N3. The average Bonchev–Trinajstić information content (AvgIpc) is 3.89. The number of hydrogen-bond acceptors (Lipinski definition) is 0. The molecule has 0 aliphatic carbocycles. The Hall–Kier alpha value is -8.92. The van der Waals surface area contributed by atoms with E-state index in [0.717, 1.165) is 116 Å². The second-order valence-corrected chi connectivity index (χ2v) is 18.8. The Labute approximate surface area is 416 Å². The van der Waals surface area contributed by atoms with Crippen molar-refractivity contribution in [2.45, 2.75) is 33.9 Å². The summed E-state index contributed by atoms with van der Waals surface area (Å²) in [7, 11) is 0. The van der Waals surface area contributed by atoms with Crippen LogP contribution in [0.1, 0.15) is 27.8 Å². The van der Waals surface area contributed by atoms with Crippen LogP contribution in [0.4, 0.5) is 18.9 Å². The topological polar surface area (TPSA) is 14.2 Å². The van der Waals surface area contributed by atoms with Crippen LogP contribution in [0, 0.1) is 34.3 Å². The molecule has 0 bridgehead atoms. The first kappa shape index (κ1) is 44.3. The highest BCUT2D eigenvalue weighted by Crippen LogP contribution is 2.49. The van der Waals surface area contributed by atoms with Crippen LogP contribution < -0.4 is 0 Å². The van der Waals surface area contributed by atoms with E-state index in [4.69, 9.17) is 0 Å². The van der Waals surface area contributed by atoms with Crippen LogP contribution in [0.5, 0.6) is 0 Å². The Morgan fingerprint density at radius 1 is 0.361 bits per heavy atom. The smallest absolute Gasteiger partial charge is 0.319 e. The number of nitrogens with zero attached hydrogens (tertiary/aromatic N) is 3. The molecule has 10 aromatic carbocycles. The number of benzene rings is 10. The fourth-order valence-corrected chi connectivity index (χ4v) is 11.1. The molecule has 3 nitrogen and oxygen atoms in total. The summed E-state index contributed by atoms with van der Waals surface area (Å²) in [6, 6.07) is 68.2. The van der Waals surface area contributed by atoms with Gasteiger partial charge >= 0.3 is 6.18 Å². The van der Waals surface area contributed by atoms with Crippen molar-refractivity contribution >= 4 is 49.3 Å². The molecule has 0 unspecified atom stereocenters. The Morgan fingerprint density at radius 3 is 1.04 bits per heavy atom. The minimum Gasteiger partial charge on any atom is -0.319 e. The molecule has 0 aliphatic heterocycles. The molecule has 0 N–H and O–H groups in total. The third kappa shape index (κ3) is 7.19. The maximum Gasteiger partial charge on any atom is 0.417 e. The summed E-state index contributed by atoms with van der Waals surface area (Å²) in [5, 5.41) is 3.83. The van der Waals surface area contributed by atoms with E-state index in [1.54, 1.807) is 12.1 Å². The molecule has 0 fully saturated rings. The molecule has 6 heteroatoms. The summed E-state index contributed by atoms with van der Waals surface area (Å²) >= 11 is 0. The molecule has 0 radical (unpaired) electrons. The lowest BCUT2D eigenvalue weighted by Crippen LogP contribution is -2.09. The number of aromatic nitrogens is 2. The molecule has 0 atom stereocenters. The van der Waals surface area contributed by atoms with E-state index >= 15 is 13.2 Å². The fraction of sp³-hybridized carbons (Fsp3) is 0.0758. The monoisotopic (exact) mass is 937 g/mol. The summed E-state index contributed by atoms with van der Waals surface area (Å²) in [6.45, 7) is 17.7. The molecule has 0 saturated heterocycles. The van der Waals surface area contributed by atoms with Gasteiger partial charge in [0.2, 0.25) is 5.69 Å². The van der Waals surface area contributed by atoms with E-state index in [-0.39, 0.29) is 11.3 Å². The average molecular weight is 938 g/mol. The van der Waals surface area contributed by atoms with Crippen LogP contribution in [-0.2, 0) is 6.18 Å². The minimum absolute atomic E-state index is 0.00696. The van der Waals surface area contributed by atoms with E-state index < -0.39 is 11.7 Å². The van der Waals surface area contributed by atoms with Crippen LogP contribution in [0.15, 0.2) is 206 Å². The van der Waals surface area contributed by atoms with E-state index in [1.165, 1.54) is 12.1 Å². The van der Waals surface area contributed by atoms with Crippen molar-refractivity contribution in [2.75, 3.05) is 0 Å². The van der Waals surface area contributed by atoms with Gasteiger partial charge in [0.05, 0.1) is 45.6 Å². The Kier molecular flexibility index (Phi) is 10.6. The van der Waals surface area contributed by atoms with Crippen LogP contribution in [-0.4, -0.2) is 9.13 Å². The quantitative estimate of drug-likeness (QED) is 0.141. The van der Waals surface area contributed by atoms with Gasteiger partial charge in [-0.3, -0.25) is 0 Å². The van der Waals surface area contributed by atoms with Gasteiger partial charge in [0.1, 0.15) is 0 Å². The number of rotatable bonds is 7. The zero-order chi connectivity index (χ0) is 49.4. The van der Waals surface area contributed by atoms with E-state index in [9.17, 15) is 6.57 Å². The van der Waals surface area contributed by atoms with E-state index in [2.05, 4.69) is 171 Å². The predicted molar refractivity (Wildman–Crippen MR) is 293 cm³/mol. The van der Waals surface area contributed by atoms with Gasteiger partial charge in [-0.15, -0.1) is 0 Å². The van der Waals surface area contributed by atoms with Gasteiger partial charge in [0, 0.05) is 21.5 Å². The fourth-order valence-electron chi connectivity index (χ4n) is 11.1. The molecule has 0 spiro atoms. The van der Waals surface area contributed by atoms with Gasteiger partial charge in [0.15, 0.2) is 0 Å². The third-order valence-corrected chi connectivity index (χ3v) is 14.6. The number of fused-ring (bicyclic) bond motifs is 6. The van der Waals surface area contributed by atoms with Crippen LogP contribution >= 0.6 is 0 Å². The lowest BCUT2D eigenvalue weighted by atomic mass is 9.95. The standard InChI is InChI=1S/C66H46F3N3/c1-40-16-6-10-20-48(40)44-26-31-59-54(36-44)55-37-45(49-21-11-7-17-41(49)2)27-32-60(55)71(59)63-35-30-53(52-24-14-15-25-58(52)66(67,68)69)65(64(63)70-5)72-61-33-28-46(50-22-12-8-18-42(50)3)38-56(61)57-39-47(29-34-62(57)72)51-23-13-9-19-43(51)4/h6-39H,1-4H3. The highest BCUT2D eigenvalue weighted by molar-refractivity contribution is 6.15.